The van der Waals surface area contributed by atoms with E-state index >= 15 is 0 Å². The molecule has 0 spiro atoms. The number of hydrogen-bond acceptors (Lipinski definition) is 2. The van der Waals surface area contributed by atoms with Crippen LogP contribution in [-0.2, 0) is 0 Å². The van der Waals surface area contributed by atoms with E-state index in [9.17, 15) is 0 Å². The summed E-state index contributed by atoms with van der Waals surface area (Å²) in [4.78, 5) is 0. The van der Waals surface area contributed by atoms with Crippen molar-refractivity contribution >= 4 is 0 Å². The van der Waals surface area contributed by atoms with Crippen molar-refractivity contribution in [2.75, 3.05) is 13.7 Å². The summed E-state index contributed by atoms with van der Waals surface area (Å²) in [6.45, 7) is 10.4. The molecule has 0 aliphatic heterocycles. The zero-order chi connectivity index (χ0) is 14.8. The van der Waals surface area contributed by atoms with Gasteiger partial charge in [-0.1, -0.05) is 45.9 Å². The number of benzene rings is 1. The second-order valence-electron chi connectivity index (χ2n) is 7.13. The smallest absolute Gasteiger partial charge is 0.122 e. The van der Waals surface area contributed by atoms with Gasteiger partial charge < -0.3 is 10.1 Å². The monoisotopic (exact) mass is 275 g/mol. The molecular weight excluding hydrogens is 246 g/mol. The lowest BCUT2D eigenvalue weighted by Gasteiger charge is -2.40. The van der Waals surface area contributed by atoms with Crippen molar-refractivity contribution < 1.29 is 4.74 Å². The minimum absolute atomic E-state index is 0.371. The highest BCUT2D eigenvalue weighted by Gasteiger charge is 2.33. The van der Waals surface area contributed by atoms with Crippen molar-refractivity contribution in [2.45, 2.75) is 52.5 Å². The van der Waals surface area contributed by atoms with Gasteiger partial charge in [0.1, 0.15) is 5.75 Å². The first-order chi connectivity index (χ1) is 9.44. The van der Waals surface area contributed by atoms with E-state index in [4.69, 9.17) is 4.74 Å². The number of nitrogens with one attached hydrogen (secondary N) is 1. The summed E-state index contributed by atoms with van der Waals surface area (Å²) in [5, 5.41) is 3.74. The van der Waals surface area contributed by atoms with Crippen LogP contribution in [0.1, 0.15) is 52.0 Å². The van der Waals surface area contributed by atoms with Gasteiger partial charge in [-0.05, 0) is 41.7 Å². The first-order valence-corrected chi connectivity index (χ1v) is 7.80. The summed E-state index contributed by atoms with van der Waals surface area (Å²) >= 11 is 0. The highest BCUT2D eigenvalue weighted by molar-refractivity contribution is 5.37. The van der Waals surface area contributed by atoms with Crippen molar-refractivity contribution in [1.29, 1.82) is 0 Å². The first-order valence-electron chi connectivity index (χ1n) is 7.80. The third-order valence-corrected chi connectivity index (χ3v) is 5.13. The van der Waals surface area contributed by atoms with Gasteiger partial charge in [0.05, 0.1) is 7.11 Å². The summed E-state index contributed by atoms with van der Waals surface area (Å²) in [6.07, 6.45) is 2.46. The minimum atomic E-state index is 0.371. The third kappa shape index (κ3) is 3.35. The zero-order valence-electron chi connectivity index (χ0n) is 13.6. The Labute approximate surface area is 123 Å². The summed E-state index contributed by atoms with van der Waals surface area (Å²) in [5.74, 6) is 2.41. The van der Waals surface area contributed by atoms with Crippen LogP contribution in [0, 0.1) is 11.3 Å². The highest BCUT2D eigenvalue weighted by Crippen LogP contribution is 2.41. The maximum Gasteiger partial charge on any atom is 0.122 e. The molecule has 2 nitrogen and oxygen atoms in total. The van der Waals surface area contributed by atoms with Gasteiger partial charge in [0.2, 0.25) is 0 Å². The van der Waals surface area contributed by atoms with Crippen molar-refractivity contribution in [2.24, 2.45) is 11.3 Å². The number of hydrogen-bond donors (Lipinski definition) is 1. The Morgan fingerprint density at radius 1 is 1.25 bits per heavy atom. The quantitative estimate of drug-likeness (QED) is 0.839. The number of ether oxygens (including phenoxy) is 1. The lowest BCUT2D eigenvalue weighted by atomic mass is 9.74. The highest BCUT2D eigenvalue weighted by atomic mass is 16.5. The van der Waals surface area contributed by atoms with Gasteiger partial charge in [0.25, 0.3) is 0 Å². The molecule has 0 unspecified atom stereocenters. The van der Waals surface area contributed by atoms with Crippen LogP contribution in [0.15, 0.2) is 24.3 Å². The fourth-order valence-electron chi connectivity index (χ4n) is 2.65. The molecule has 0 saturated heterocycles. The molecule has 1 N–H and O–H groups in total. The molecule has 0 atom stereocenters. The normalized spacial score (nSPS) is 22.7. The van der Waals surface area contributed by atoms with Crippen LogP contribution in [0.2, 0.25) is 0 Å². The fourth-order valence-corrected chi connectivity index (χ4v) is 2.65. The lowest BCUT2D eigenvalue weighted by Crippen LogP contribution is -2.45. The van der Waals surface area contributed by atoms with Crippen LogP contribution in [0.3, 0.4) is 0 Å². The van der Waals surface area contributed by atoms with E-state index in [1.165, 1.54) is 18.4 Å². The maximum atomic E-state index is 5.46. The Balaban J connectivity index is 1.83. The SMILES string of the molecule is COc1ccccc1C1CC(NCC(C)(C)C(C)C)C1. The van der Waals surface area contributed by atoms with Crippen LogP contribution >= 0.6 is 0 Å². The van der Waals surface area contributed by atoms with Gasteiger partial charge in [-0.15, -0.1) is 0 Å². The minimum Gasteiger partial charge on any atom is -0.496 e. The Morgan fingerprint density at radius 2 is 1.90 bits per heavy atom. The van der Waals surface area contributed by atoms with Gasteiger partial charge in [0, 0.05) is 12.6 Å². The van der Waals surface area contributed by atoms with E-state index in [0.717, 1.165) is 12.3 Å². The van der Waals surface area contributed by atoms with E-state index in [1.807, 2.05) is 6.07 Å². The third-order valence-electron chi connectivity index (χ3n) is 5.13. The Morgan fingerprint density at radius 3 is 2.50 bits per heavy atom. The Hall–Kier alpha value is -1.02. The van der Waals surface area contributed by atoms with E-state index in [2.05, 4.69) is 51.2 Å². The summed E-state index contributed by atoms with van der Waals surface area (Å²) in [7, 11) is 1.76. The van der Waals surface area contributed by atoms with Crippen LogP contribution in [-0.4, -0.2) is 19.7 Å². The van der Waals surface area contributed by atoms with E-state index < -0.39 is 0 Å². The van der Waals surface area contributed by atoms with Gasteiger partial charge >= 0.3 is 0 Å². The molecular formula is C18H29NO. The van der Waals surface area contributed by atoms with Gasteiger partial charge in [0.15, 0.2) is 0 Å². The van der Waals surface area contributed by atoms with Crippen molar-refractivity contribution in [3.05, 3.63) is 29.8 Å². The van der Waals surface area contributed by atoms with E-state index in [0.29, 0.717) is 23.3 Å². The average molecular weight is 275 g/mol. The average Bonchev–Trinajstić information content (AvgIpc) is 2.37. The number of rotatable bonds is 6. The zero-order valence-corrected chi connectivity index (χ0v) is 13.6. The van der Waals surface area contributed by atoms with E-state index in [-0.39, 0.29) is 0 Å². The number of methoxy groups -OCH3 is 1. The van der Waals surface area contributed by atoms with E-state index in [1.54, 1.807) is 7.11 Å². The van der Waals surface area contributed by atoms with Crippen LogP contribution in [0.5, 0.6) is 5.75 Å². The van der Waals surface area contributed by atoms with Crippen LogP contribution in [0.4, 0.5) is 0 Å². The summed E-state index contributed by atoms with van der Waals surface area (Å²) in [5.41, 5.74) is 1.74. The standard InChI is InChI=1S/C18H29NO/c1-13(2)18(3,4)12-19-15-10-14(11-15)16-8-6-7-9-17(16)20-5/h6-9,13-15,19H,10-12H2,1-5H3. The first kappa shape index (κ1) is 15.4. The van der Waals surface area contributed by atoms with Crippen molar-refractivity contribution in [3.8, 4) is 5.75 Å². The lowest BCUT2D eigenvalue weighted by molar-refractivity contribution is 0.196. The molecule has 1 fully saturated rings. The van der Waals surface area contributed by atoms with Gasteiger partial charge in [-0.2, -0.15) is 0 Å². The molecule has 2 heteroatoms. The molecule has 1 aromatic carbocycles. The summed E-state index contributed by atoms with van der Waals surface area (Å²) in [6, 6.07) is 9.10. The van der Waals surface area contributed by atoms with Crippen molar-refractivity contribution in [1.82, 2.24) is 5.32 Å². The largest absolute Gasteiger partial charge is 0.496 e. The Bertz CT molecular complexity index is 433. The second kappa shape index (κ2) is 6.17. The Kier molecular flexibility index (Phi) is 4.74. The molecule has 0 heterocycles. The topological polar surface area (TPSA) is 21.3 Å². The molecule has 20 heavy (non-hydrogen) atoms. The molecule has 1 saturated carbocycles. The molecule has 1 aromatic rings. The second-order valence-corrected chi connectivity index (χ2v) is 7.13. The molecule has 0 radical (unpaired) electrons. The summed E-state index contributed by atoms with van der Waals surface area (Å²) < 4.78 is 5.46. The molecule has 0 amide bonds. The molecule has 1 aliphatic rings. The fraction of sp³-hybridized carbons (Fsp3) is 0.667. The predicted octanol–water partition coefficient (Wildman–Crippen LogP) is 4.21. The molecule has 1 aliphatic carbocycles. The van der Waals surface area contributed by atoms with Gasteiger partial charge in [-0.3, -0.25) is 0 Å². The van der Waals surface area contributed by atoms with Gasteiger partial charge in [-0.25, -0.2) is 0 Å². The molecule has 0 aromatic heterocycles. The predicted molar refractivity (Wildman–Crippen MR) is 85.4 cm³/mol. The number of para-hydroxylation sites is 1. The molecule has 0 bridgehead atoms. The van der Waals surface area contributed by atoms with Crippen LogP contribution in [0.25, 0.3) is 0 Å². The van der Waals surface area contributed by atoms with Crippen LogP contribution < -0.4 is 10.1 Å². The molecule has 2 rings (SSSR count). The van der Waals surface area contributed by atoms with Crippen molar-refractivity contribution in [3.63, 3.8) is 0 Å². The maximum absolute atomic E-state index is 5.46. The molecule has 112 valence electrons.